The summed E-state index contributed by atoms with van der Waals surface area (Å²) in [5, 5.41) is 2.87. The lowest BCUT2D eigenvalue weighted by molar-refractivity contribution is -0.117. The SMILES string of the molecule is O=C(CN1CCN(c2ccccc2)CC1)Nc1cccc(S(=O)(=O)N2CCCCC2)c1. The third kappa shape index (κ3) is 5.44. The maximum atomic E-state index is 12.9. The molecule has 2 heterocycles. The minimum absolute atomic E-state index is 0.124. The van der Waals surface area contributed by atoms with Crippen molar-refractivity contribution >= 4 is 27.3 Å². The van der Waals surface area contributed by atoms with E-state index in [2.05, 4.69) is 27.2 Å². The normalized spacial score (nSPS) is 18.6. The molecule has 4 rings (SSSR count). The molecular formula is C23H30N4O3S. The number of piperidine rings is 1. The summed E-state index contributed by atoms with van der Waals surface area (Å²) in [5.41, 5.74) is 1.73. The van der Waals surface area contributed by atoms with Crippen molar-refractivity contribution in [2.45, 2.75) is 24.2 Å². The summed E-state index contributed by atoms with van der Waals surface area (Å²) in [5.74, 6) is -0.124. The zero-order valence-electron chi connectivity index (χ0n) is 17.7. The number of carbonyl (C=O) groups is 1. The quantitative estimate of drug-likeness (QED) is 0.745. The Morgan fingerprint density at radius 1 is 0.839 bits per heavy atom. The lowest BCUT2D eigenvalue weighted by Gasteiger charge is -2.35. The van der Waals surface area contributed by atoms with Crippen LogP contribution in [0.4, 0.5) is 11.4 Å². The zero-order chi connectivity index (χ0) is 21.7. The molecule has 2 fully saturated rings. The topological polar surface area (TPSA) is 73.0 Å². The smallest absolute Gasteiger partial charge is 0.243 e. The van der Waals surface area contributed by atoms with Crippen molar-refractivity contribution < 1.29 is 13.2 Å². The van der Waals surface area contributed by atoms with E-state index in [9.17, 15) is 13.2 Å². The van der Waals surface area contributed by atoms with Crippen LogP contribution < -0.4 is 10.2 Å². The highest BCUT2D eigenvalue weighted by Crippen LogP contribution is 2.23. The molecule has 2 aliphatic rings. The van der Waals surface area contributed by atoms with Crippen molar-refractivity contribution in [2.75, 3.05) is 56.0 Å². The van der Waals surface area contributed by atoms with Crippen molar-refractivity contribution in [2.24, 2.45) is 0 Å². The summed E-state index contributed by atoms with van der Waals surface area (Å²) in [4.78, 5) is 17.3. The number of para-hydroxylation sites is 1. The van der Waals surface area contributed by atoms with Gasteiger partial charge < -0.3 is 10.2 Å². The maximum Gasteiger partial charge on any atom is 0.243 e. The van der Waals surface area contributed by atoms with Gasteiger partial charge in [-0.1, -0.05) is 30.7 Å². The first-order chi connectivity index (χ1) is 15.0. The highest BCUT2D eigenvalue weighted by Gasteiger charge is 2.26. The largest absolute Gasteiger partial charge is 0.369 e. The van der Waals surface area contributed by atoms with Crippen molar-refractivity contribution in [3.05, 3.63) is 54.6 Å². The van der Waals surface area contributed by atoms with Gasteiger partial charge in [0.05, 0.1) is 11.4 Å². The van der Waals surface area contributed by atoms with Crippen LogP contribution in [0.2, 0.25) is 0 Å². The number of carbonyl (C=O) groups excluding carboxylic acids is 1. The molecule has 0 spiro atoms. The summed E-state index contributed by atoms with van der Waals surface area (Å²) in [7, 11) is -3.51. The van der Waals surface area contributed by atoms with E-state index in [0.717, 1.165) is 45.4 Å². The molecule has 0 saturated carbocycles. The van der Waals surface area contributed by atoms with Gasteiger partial charge in [-0.25, -0.2) is 8.42 Å². The molecule has 2 aliphatic heterocycles. The molecule has 0 radical (unpaired) electrons. The molecule has 2 saturated heterocycles. The van der Waals surface area contributed by atoms with E-state index in [1.165, 1.54) is 5.69 Å². The molecular weight excluding hydrogens is 412 g/mol. The summed E-state index contributed by atoms with van der Waals surface area (Å²) >= 11 is 0. The number of nitrogens with one attached hydrogen (secondary N) is 1. The number of benzene rings is 2. The molecule has 2 aromatic carbocycles. The molecule has 2 aromatic rings. The van der Waals surface area contributed by atoms with Gasteiger partial charge in [0, 0.05) is 50.6 Å². The monoisotopic (exact) mass is 442 g/mol. The second-order valence-corrected chi connectivity index (χ2v) is 10.1. The van der Waals surface area contributed by atoms with Gasteiger partial charge in [0.15, 0.2) is 0 Å². The van der Waals surface area contributed by atoms with Crippen LogP contribution in [-0.2, 0) is 14.8 Å². The fourth-order valence-electron chi connectivity index (χ4n) is 4.20. The highest BCUT2D eigenvalue weighted by molar-refractivity contribution is 7.89. The third-order valence-electron chi connectivity index (χ3n) is 5.93. The molecule has 166 valence electrons. The molecule has 7 nitrogen and oxygen atoms in total. The Morgan fingerprint density at radius 3 is 2.26 bits per heavy atom. The van der Waals surface area contributed by atoms with Gasteiger partial charge in [0.2, 0.25) is 15.9 Å². The number of hydrogen-bond acceptors (Lipinski definition) is 5. The standard InChI is InChI=1S/C23H30N4O3S/c28-23(19-25-14-16-26(17-15-25)21-9-3-1-4-10-21)24-20-8-7-11-22(18-20)31(29,30)27-12-5-2-6-13-27/h1,3-4,7-11,18H,2,5-6,12-17,19H2,(H,24,28). The van der Waals surface area contributed by atoms with E-state index in [0.29, 0.717) is 25.3 Å². The van der Waals surface area contributed by atoms with Crippen LogP contribution in [-0.4, -0.2) is 69.3 Å². The van der Waals surface area contributed by atoms with Crippen molar-refractivity contribution in [1.29, 1.82) is 0 Å². The minimum atomic E-state index is -3.51. The van der Waals surface area contributed by atoms with Gasteiger partial charge in [-0.3, -0.25) is 9.69 Å². The molecule has 1 amide bonds. The molecule has 0 aromatic heterocycles. The lowest BCUT2D eigenvalue weighted by atomic mass is 10.2. The number of sulfonamides is 1. The summed E-state index contributed by atoms with van der Waals surface area (Å²) in [6.45, 7) is 4.80. The number of nitrogens with zero attached hydrogens (tertiary/aromatic N) is 3. The van der Waals surface area contributed by atoms with E-state index in [1.54, 1.807) is 28.6 Å². The predicted octanol–water partition coefficient (Wildman–Crippen LogP) is 2.62. The number of rotatable bonds is 6. The average molecular weight is 443 g/mol. The molecule has 31 heavy (non-hydrogen) atoms. The molecule has 0 aliphatic carbocycles. The Labute approximate surface area is 184 Å². The molecule has 0 atom stereocenters. The average Bonchev–Trinajstić information content (AvgIpc) is 2.81. The first-order valence-electron chi connectivity index (χ1n) is 10.9. The van der Waals surface area contributed by atoms with Crippen molar-refractivity contribution in [3.8, 4) is 0 Å². The van der Waals surface area contributed by atoms with Crippen LogP contribution in [0.15, 0.2) is 59.5 Å². The second-order valence-electron chi connectivity index (χ2n) is 8.14. The number of piperazine rings is 1. The van der Waals surface area contributed by atoms with Crippen molar-refractivity contribution in [1.82, 2.24) is 9.21 Å². The Kier molecular flexibility index (Phi) is 6.89. The molecule has 1 N–H and O–H groups in total. The van der Waals surface area contributed by atoms with E-state index < -0.39 is 10.0 Å². The highest BCUT2D eigenvalue weighted by atomic mass is 32.2. The second kappa shape index (κ2) is 9.80. The Hall–Kier alpha value is -2.42. The van der Waals surface area contributed by atoms with E-state index in [-0.39, 0.29) is 10.8 Å². The fraction of sp³-hybridized carbons (Fsp3) is 0.435. The molecule has 0 unspecified atom stereocenters. The summed E-state index contributed by atoms with van der Waals surface area (Å²) < 4.78 is 27.3. The van der Waals surface area contributed by atoms with Crippen LogP contribution in [0.1, 0.15) is 19.3 Å². The summed E-state index contributed by atoms with van der Waals surface area (Å²) in [6.07, 6.45) is 2.86. The van der Waals surface area contributed by atoms with Crippen molar-refractivity contribution in [3.63, 3.8) is 0 Å². The van der Waals surface area contributed by atoms with Crippen LogP contribution in [0, 0.1) is 0 Å². The summed E-state index contributed by atoms with van der Waals surface area (Å²) in [6, 6.07) is 16.9. The number of anilines is 2. The first kappa shape index (κ1) is 21.8. The predicted molar refractivity (Wildman–Crippen MR) is 123 cm³/mol. The van der Waals surface area contributed by atoms with Gasteiger partial charge in [-0.15, -0.1) is 0 Å². The number of hydrogen-bond donors (Lipinski definition) is 1. The van der Waals surface area contributed by atoms with Gasteiger partial charge in [-0.05, 0) is 43.2 Å². The Balaban J connectivity index is 1.32. The van der Waals surface area contributed by atoms with Crippen LogP contribution >= 0.6 is 0 Å². The number of amides is 1. The van der Waals surface area contributed by atoms with E-state index >= 15 is 0 Å². The zero-order valence-corrected chi connectivity index (χ0v) is 18.6. The van der Waals surface area contributed by atoms with Gasteiger partial charge >= 0.3 is 0 Å². The molecule has 0 bridgehead atoms. The van der Waals surface area contributed by atoms with E-state index in [4.69, 9.17) is 0 Å². The van der Waals surface area contributed by atoms with Crippen LogP contribution in [0.3, 0.4) is 0 Å². The lowest BCUT2D eigenvalue weighted by Crippen LogP contribution is -2.48. The molecule has 8 heteroatoms. The van der Waals surface area contributed by atoms with Gasteiger partial charge in [0.25, 0.3) is 0 Å². The van der Waals surface area contributed by atoms with Gasteiger partial charge in [-0.2, -0.15) is 4.31 Å². The van der Waals surface area contributed by atoms with Crippen LogP contribution in [0.5, 0.6) is 0 Å². The Bertz CT molecular complexity index is 983. The minimum Gasteiger partial charge on any atom is -0.369 e. The fourth-order valence-corrected chi connectivity index (χ4v) is 5.76. The van der Waals surface area contributed by atoms with Crippen LogP contribution in [0.25, 0.3) is 0 Å². The third-order valence-corrected chi connectivity index (χ3v) is 7.83. The first-order valence-corrected chi connectivity index (χ1v) is 12.4. The Morgan fingerprint density at radius 2 is 1.55 bits per heavy atom. The van der Waals surface area contributed by atoms with E-state index in [1.807, 2.05) is 18.2 Å². The van der Waals surface area contributed by atoms with Gasteiger partial charge in [0.1, 0.15) is 0 Å². The maximum absolute atomic E-state index is 12.9.